The van der Waals surface area contributed by atoms with Crippen molar-refractivity contribution in [1.29, 1.82) is 0 Å². The zero-order chi connectivity index (χ0) is 17.3. The average molecular weight is 332 g/mol. The Balaban J connectivity index is 1.62. The summed E-state index contributed by atoms with van der Waals surface area (Å²) in [7, 11) is 0. The maximum Gasteiger partial charge on any atom is 0.242 e. The van der Waals surface area contributed by atoms with E-state index in [0.717, 1.165) is 28.9 Å². The summed E-state index contributed by atoms with van der Waals surface area (Å²) in [5.74, 6) is -1.99. The van der Waals surface area contributed by atoms with Crippen LogP contribution in [0, 0.1) is 18.6 Å². The standard InChI is InChI=1S/C18H18F2N2O2/c1-10-4-2-5-11-8-14(22-17(10)11)18(24)21-9-15(23)16-12(19)6-3-7-13(16)20/h2-7,14-15,22-23H,8-9H2,1H3,(H,21,24). The van der Waals surface area contributed by atoms with Gasteiger partial charge in [0.1, 0.15) is 23.8 Å². The van der Waals surface area contributed by atoms with Gasteiger partial charge in [-0.2, -0.15) is 0 Å². The number of carbonyl (C=O) groups is 1. The van der Waals surface area contributed by atoms with Gasteiger partial charge in [-0.1, -0.05) is 24.3 Å². The highest BCUT2D eigenvalue weighted by molar-refractivity contribution is 5.87. The van der Waals surface area contributed by atoms with Crippen LogP contribution in [-0.4, -0.2) is 23.6 Å². The number of hydrogen-bond acceptors (Lipinski definition) is 3. The largest absolute Gasteiger partial charge is 0.386 e. The van der Waals surface area contributed by atoms with Crippen molar-refractivity contribution in [3.8, 4) is 0 Å². The molecule has 126 valence electrons. The Morgan fingerprint density at radius 2 is 1.96 bits per heavy atom. The first-order valence-corrected chi connectivity index (χ1v) is 7.72. The third-order valence-corrected chi connectivity index (χ3v) is 4.22. The number of anilines is 1. The van der Waals surface area contributed by atoms with E-state index in [1.807, 2.05) is 25.1 Å². The fourth-order valence-electron chi connectivity index (χ4n) is 2.96. The van der Waals surface area contributed by atoms with Crippen molar-refractivity contribution in [3.05, 3.63) is 64.7 Å². The van der Waals surface area contributed by atoms with Crippen LogP contribution in [0.1, 0.15) is 22.8 Å². The Bertz CT molecular complexity index is 759. The summed E-state index contributed by atoms with van der Waals surface area (Å²) in [6.07, 6.45) is -0.909. The molecule has 0 aliphatic carbocycles. The number of halogens is 2. The van der Waals surface area contributed by atoms with E-state index in [4.69, 9.17) is 0 Å². The number of nitrogens with one attached hydrogen (secondary N) is 2. The SMILES string of the molecule is Cc1cccc2c1NC(C(=O)NCC(O)c1c(F)cccc1F)C2. The average Bonchev–Trinajstić information content (AvgIpc) is 2.98. The molecule has 0 radical (unpaired) electrons. The second-order valence-electron chi connectivity index (χ2n) is 5.91. The summed E-state index contributed by atoms with van der Waals surface area (Å²) in [5, 5.41) is 15.7. The minimum Gasteiger partial charge on any atom is -0.386 e. The number of para-hydroxylation sites is 1. The van der Waals surface area contributed by atoms with E-state index in [2.05, 4.69) is 10.6 Å². The zero-order valence-corrected chi connectivity index (χ0v) is 13.1. The molecule has 2 unspecified atom stereocenters. The second-order valence-corrected chi connectivity index (χ2v) is 5.91. The Morgan fingerprint density at radius 3 is 2.62 bits per heavy atom. The number of amides is 1. The number of carbonyl (C=O) groups excluding carboxylic acids is 1. The van der Waals surface area contributed by atoms with Crippen LogP contribution >= 0.6 is 0 Å². The third kappa shape index (κ3) is 3.10. The van der Waals surface area contributed by atoms with E-state index in [0.29, 0.717) is 6.42 Å². The summed E-state index contributed by atoms with van der Waals surface area (Å²) >= 11 is 0. The monoisotopic (exact) mass is 332 g/mol. The highest BCUT2D eigenvalue weighted by Crippen LogP contribution is 2.29. The normalized spacial score (nSPS) is 17.1. The maximum absolute atomic E-state index is 13.6. The van der Waals surface area contributed by atoms with Crippen LogP contribution in [0.3, 0.4) is 0 Å². The Kier molecular flexibility index (Phi) is 4.49. The van der Waals surface area contributed by atoms with Gasteiger partial charge in [0.05, 0.1) is 5.56 Å². The van der Waals surface area contributed by atoms with Crippen LogP contribution in [0.15, 0.2) is 36.4 Å². The summed E-state index contributed by atoms with van der Waals surface area (Å²) in [5.41, 5.74) is 2.61. The molecule has 0 saturated heterocycles. The fraction of sp³-hybridized carbons (Fsp3) is 0.278. The molecule has 2 aromatic rings. The highest BCUT2D eigenvalue weighted by Gasteiger charge is 2.28. The number of benzene rings is 2. The summed E-state index contributed by atoms with van der Waals surface area (Å²) in [6, 6.07) is 8.74. The molecule has 3 N–H and O–H groups in total. The Labute approximate surface area is 138 Å². The molecular weight excluding hydrogens is 314 g/mol. The predicted molar refractivity (Wildman–Crippen MR) is 86.6 cm³/mol. The van der Waals surface area contributed by atoms with Crippen LogP contribution in [0.4, 0.5) is 14.5 Å². The lowest BCUT2D eigenvalue weighted by Crippen LogP contribution is -2.40. The van der Waals surface area contributed by atoms with Crippen molar-refractivity contribution >= 4 is 11.6 Å². The molecular formula is C18H18F2N2O2. The number of rotatable bonds is 4. The quantitative estimate of drug-likeness (QED) is 0.806. The fourth-order valence-corrected chi connectivity index (χ4v) is 2.96. The van der Waals surface area contributed by atoms with Crippen molar-refractivity contribution < 1.29 is 18.7 Å². The van der Waals surface area contributed by atoms with Gasteiger partial charge in [0, 0.05) is 18.7 Å². The molecule has 0 bridgehead atoms. The van der Waals surface area contributed by atoms with Crippen molar-refractivity contribution in [2.24, 2.45) is 0 Å². The van der Waals surface area contributed by atoms with Gasteiger partial charge in [-0.3, -0.25) is 4.79 Å². The van der Waals surface area contributed by atoms with E-state index in [1.165, 1.54) is 6.07 Å². The summed E-state index contributed by atoms with van der Waals surface area (Å²) < 4.78 is 27.2. The molecule has 1 amide bonds. The molecule has 3 rings (SSSR count). The first-order chi connectivity index (χ1) is 11.5. The number of aliphatic hydroxyl groups excluding tert-OH is 1. The predicted octanol–water partition coefficient (Wildman–Crippen LogP) is 2.46. The summed E-state index contributed by atoms with van der Waals surface area (Å²) in [6.45, 7) is 1.70. The highest BCUT2D eigenvalue weighted by atomic mass is 19.1. The smallest absolute Gasteiger partial charge is 0.242 e. The third-order valence-electron chi connectivity index (χ3n) is 4.22. The minimum atomic E-state index is -1.44. The lowest BCUT2D eigenvalue weighted by atomic mass is 10.1. The topological polar surface area (TPSA) is 61.4 Å². The van der Waals surface area contributed by atoms with Crippen LogP contribution in [0.2, 0.25) is 0 Å². The minimum absolute atomic E-state index is 0.260. The van der Waals surface area contributed by atoms with Crippen molar-refractivity contribution in [1.82, 2.24) is 5.32 Å². The van der Waals surface area contributed by atoms with Gasteiger partial charge in [-0.05, 0) is 30.2 Å². The molecule has 2 atom stereocenters. The molecule has 2 aromatic carbocycles. The van der Waals surface area contributed by atoms with E-state index >= 15 is 0 Å². The molecule has 0 saturated carbocycles. The van der Waals surface area contributed by atoms with E-state index in [-0.39, 0.29) is 12.5 Å². The second kappa shape index (κ2) is 6.57. The van der Waals surface area contributed by atoms with Crippen molar-refractivity contribution in [2.75, 3.05) is 11.9 Å². The molecule has 24 heavy (non-hydrogen) atoms. The van der Waals surface area contributed by atoms with Gasteiger partial charge in [0.15, 0.2) is 0 Å². The molecule has 4 nitrogen and oxygen atoms in total. The van der Waals surface area contributed by atoms with Crippen LogP contribution in [-0.2, 0) is 11.2 Å². The first kappa shape index (κ1) is 16.4. The molecule has 0 fully saturated rings. The molecule has 1 heterocycles. The van der Waals surface area contributed by atoms with Crippen LogP contribution in [0.5, 0.6) is 0 Å². The Morgan fingerprint density at radius 1 is 1.29 bits per heavy atom. The van der Waals surface area contributed by atoms with Gasteiger partial charge in [-0.15, -0.1) is 0 Å². The summed E-state index contributed by atoms with van der Waals surface area (Å²) in [4.78, 5) is 12.3. The van der Waals surface area contributed by atoms with E-state index in [1.54, 1.807) is 0 Å². The van der Waals surface area contributed by atoms with E-state index in [9.17, 15) is 18.7 Å². The van der Waals surface area contributed by atoms with Crippen LogP contribution in [0.25, 0.3) is 0 Å². The van der Waals surface area contributed by atoms with E-state index < -0.39 is 29.3 Å². The number of aryl methyl sites for hydroxylation is 1. The number of hydrogen-bond donors (Lipinski definition) is 3. The maximum atomic E-state index is 13.6. The number of fused-ring (bicyclic) bond motifs is 1. The molecule has 0 spiro atoms. The molecule has 6 heteroatoms. The Hall–Kier alpha value is -2.47. The van der Waals surface area contributed by atoms with Gasteiger partial charge >= 0.3 is 0 Å². The molecule has 1 aliphatic heterocycles. The van der Waals surface area contributed by atoms with Gasteiger partial charge in [0.2, 0.25) is 5.91 Å². The zero-order valence-electron chi connectivity index (χ0n) is 13.1. The van der Waals surface area contributed by atoms with Crippen LogP contribution < -0.4 is 10.6 Å². The van der Waals surface area contributed by atoms with Crippen molar-refractivity contribution in [3.63, 3.8) is 0 Å². The van der Waals surface area contributed by atoms with Gasteiger partial charge in [-0.25, -0.2) is 8.78 Å². The lowest BCUT2D eigenvalue weighted by molar-refractivity contribution is -0.122. The lowest BCUT2D eigenvalue weighted by Gasteiger charge is -2.16. The van der Waals surface area contributed by atoms with Gasteiger partial charge < -0.3 is 15.7 Å². The van der Waals surface area contributed by atoms with Crippen molar-refractivity contribution in [2.45, 2.75) is 25.5 Å². The molecule has 0 aromatic heterocycles. The number of aliphatic hydroxyl groups is 1. The molecule has 1 aliphatic rings. The van der Waals surface area contributed by atoms with Gasteiger partial charge in [0.25, 0.3) is 0 Å². The first-order valence-electron chi connectivity index (χ1n) is 7.72.